The number of hydrogen-bond acceptors (Lipinski definition) is 2. The maximum absolute atomic E-state index is 12.7. The van der Waals surface area contributed by atoms with Crippen LogP contribution < -0.4 is 10.5 Å². The first-order valence-electron chi connectivity index (χ1n) is 5.52. The highest BCUT2D eigenvalue weighted by atomic mass is 35.5. The molecule has 0 heterocycles. The fourth-order valence-electron chi connectivity index (χ4n) is 1.37. The molecule has 0 radical (unpaired) electrons. The van der Waals surface area contributed by atoms with E-state index >= 15 is 0 Å². The fourth-order valence-corrected chi connectivity index (χ4v) is 1.60. The van der Waals surface area contributed by atoms with Crippen molar-refractivity contribution >= 4 is 11.6 Å². The standard InChI is InChI=1S/C12H17ClFNO/c13-11-9-10(14)5-6-12(11)16-8-4-2-1-3-7-15/h5-6,9H,1-4,7-8,15H2. The number of halogens is 2. The summed E-state index contributed by atoms with van der Waals surface area (Å²) in [6.45, 7) is 1.35. The van der Waals surface area contributed by atoms with Crippen LogP contribution in [0.5, 0.6) is 5.75 Å². The first kappa shape index (κ1) is 13.3. The molecule has 0 aliphatic carbocycles. The van der Waals surface area contributed by atoms with Crippen LogP contribution in [0.2, 0.25) is 5.02 Å². The van der Waals surface area contributed by atoms with Gasteiger partial charge in [0.25, 0.3) is 0 Å². The molecule has 0 amide bonds. The first-order valence-corrected chi connectivity index (χ1v) is 5.90. The normalized spacial score (nSPS) is 10.4. The molecule has 0 saturated heterocycles. The zero-order chi connectivity index (χ0) is 11.8. The van der Waals surface area contributed by atoms with Crippen molar-refractivity contribution in [2.45, 2.75) is 25.7 Å². The second-order valence-electron chi connectivity index (χ2n) is 3.63. The molecule has 4 heteroatoms. The minimum absolute atomic E-state index is 0.321. The minimum Gasteiger partial charge on any atom is -0.492 e. The Morgan fingerprint density at radius 2 is 1.94 bits per heavy atom. The molecule has 90 valence electrons. The molecule has 2 nitrogen and oxygen atoms in total. The van der Waals surface area contributed by atoms with Crippen molar-refractivity contribution in [1.82, 2.24) is 0 Å². The Kier molecular flexibility index (Phi) is 6.19. The summed E-state index contributed by atoms with van der Waals surface area (Å²) in [4.78, 5) is 0. The van der Waals surface area contributed by atoms with E-state index in [1.807, 2.05) is 0 Å². The molecule has 0 aliphatic rings. The van der Waals surface area contributed by atoms with Gasteiger partial charge in [-0.2, -0.15) is 0 Å². The molecule has 16 heavy (non-hydrogen) atoms. The van der Waals surface area contributed by atoms with Gasteiger partial charge in [-0.15, -0.1) is 0 Å². The number of ether oxygens (including phenoxy) is 1. The van der Waals surface area contributed by atoms with E-state index in [0.29, 0.717) is 17.4 Å². The van der Waals surface area contributed by atoms with E-state index in [0.717, 1.165) is 32.2 Å². The molecule has 1 rings (SSSR count). The van der Waals surface area contributed by atoms with Gasteiger partial charge in [-0.05, 0) is 37.6 Å². The van der Waals surface area contributed by atoms with Crippen LogP contribution in [-0.4, -0.2) is 13.2 Å². The summed E-state index contributed by atoms with van der Waals surface area (Å²) in [6, 6.07) is 4.15. The topological polar surface area (TPSA) is 35.2 Å². The molecule has 0 atom stereocenters. The van der Waals surface area contributed by atoms with Gasteiger partial charge < -0.3 is 10.5 Å². The van der Waals surface area contributed by atoms with Gasteiger partial charge in [0.2, 0.25) is 0 Å². The van der Waals surface area contributed by atoms with E-state index in [4.69, 9.17) is 22.1 Å². The Labute approximate surface area is 101 Å². The highest BCUT2D eigenvalue weighted by molar-refractivity contribution is 6.32. The van der Waals surface area contributed by atoms with Crippen LogP contribution in [-0.2, 0) is 0 Å². The monoisotopic (exact) mass is 245 g/mol. The van der Waals surface area contributed by atoms with E-state index in [2.05, 4.69) is 0 Å². The van der Waals surface area contributed by atoms with Crippen molar-refractivity contribution in [2.24, 2.45) is 5.73 Å². The Morgan fingerprint density at radius 3 is 2.62 bits per heavy atom. The second kappa shape index (κ2) is 7.47. The Balaban J connectivity index is 2.21. The average Bonchev–Trinajstić information content (AvgIpc) is 2.26. The van der Waals surface area contributed by atoms with Crippen LogP contribution in [0.3, 0.4) is 0 Å². The van der Waals surface area contributed by atoms with Crippen LogP contribution in [0.15, 0.2) is 18.2 Å². The third-order valence-corrected chi connectivity index (χ3v) is 2.55. The maximum Gasteiger partial charge on any atom is 0.138 e. The molecule has 0 unspecified atom stereocenters. The summed E-state index contributed by atoms with van der Waals surface area (Å²) in [6.07, 6.45) is 4.23. The zero-order valence-corrected chi connectivity index (χ0v) is 9.97. The molecule has 0 spiro atoms. The van der Waals surface area contributed by atoms with Gasteiger partial charge in [-0.1, -0.05) is 24.4 Å². The van der Waals surface area contributed by atoms with E-state index in [-0.39, 0.29) is 5.82 Å². The van der Waals surface area contributed by atoms with E-state index in [1.165, 1.54) is 12.1 Å². The number of nitrogens with two attached hydrogens (primary N) is 1. The maximum atomic E-state index is 12.7. The van der Waals surface area contributed by atoms with Gasteiger partial charge in [0.05, 0.1) is 11.6 Å². The third-order valence-electron chi connectivity index (χ3n) is 2.25. The lowest BCUT2D eigenvalue weighted by Gasteiger charge is -2.07. The van der Waals surface area contributed by atoms with Gasteiger partial charge >= 0.3 is 0 Å². The molecule has 1 aromatic carbocycles. The molecule has 0 aromatic heterocycles. The highest BCUT2D eigenvalue weighted by Crippen LogP contribution is 2.24. The van der Waals surface area contributed by atoms with Crippen LogP contribution >= 0.6 is 11.6 Å². The van der Waals surface area contributed by atoms with E-state index in [9.17, 15) is 4.39 Å². The molecule has 0 aliphatic heterocycles. The summed E-state index contributed by atoms with van der Waals surface area (Å²) in [5.74, 6) is 0.196. The lowest BCUT2D eigenvalue weighted by Crippen LogP contribution is -2.00. The van der Waals surface area contributed by atoms with Gasteiger partial charge in [-0.3, -0.25) is 0 Å². The lowest BCUT2D eigenvalue weighted by atomic mass is 10.2. The highest BCUT2D eigenvalue weighted by Gasteiger charge is 2.02. The van der Waals surface area contributed by atoms with Crippen LogP contribution in [0.4, 0.5) is 4.39 Å². The molecular formula is C12H17ClFNO. The zero-order valence-electron chi connectivity index (χ0n) is 9.22. The predicted molar refractivity (Wildman–Crippen MR) is 64.4 cm³/mol. The smallest absolute Gasteiger partial charge is 0.138 e. The largest absolute Gasteiger partial charge is 0.492 e. The van der Waals surface area contributed by atoms with Gasteiger partial charge in [-0.25, -0.2) is 4.39 Å². The van der Waals surface area contributed by atoms with Crippen molar-refractivity contribution in [3.05, 3.63) is 29.0 Å². The summed E-state index contributed by atoms with van der Waals surface area (Å²) in [5.41, 5.74) is 5.38. The van der Waals surface area contributed by atoms with Crippen molar-refractivity contribution in [2.75, 3.05) is 13.2 Å². The summed E-state index contributed by atoms with van der Waals surface area (Å²) in [5, 5.41) is 0.321. The summed E-state index contributed by atoms with van der Waals surface area (Å²) >= 11 is 5.81. The van der Waals surface area contributed by atoms with Crippen LogP contribution in [0.25, 0.3) is 0 Å². The minimum atomic E-state index is -0.347. The number of hydrogen-bond donors (Lipinski definition) is 1. The molecule has 0 fully saturated rings. The fraction of sp³-hybridized carbons (Fsp3) is 0.500. The first-order chi connectivity index (χ1) is 7.74. The van der Waals surface area contributed by atoms with Gasteiger partial charge in [0.1, 0.15) is 11.6 Å². The van der Waals surface area contributed by atoms with Gasteiger partial charge in [0, 0.05) is 0 Å². The van der Waals surface area contributed by atoms with Crippen LogP contribution in [0.1, 0.15) is 25.7 Å². The molecule has 0 saturated carbocycles. The summed E-state index contributed by atoms with van der Waals surface area (Å²) < 4.78 is 18.2. The van der Waals surface area contributed by atoms with Crippen molar-refractivity contribution in [3.8, 4) is 5.75 Å². The quantitative estimate of drug-likeness (QED) is 0.748. The molecule has 0 bridgehead atoms. The Hall–Kier alpha value is -0.800. The summed E-state index contributed by atoms with van der Waals surface area (Å²) in [7, 11) is 0. The third kappa shape index (κ3) is 4.81. The number of rotatable bonds is 7. The van der Waals surface area contributed by atoms with Crippen molar-refractivity contribution in [1.29, 1.82) is 0 Å². The lowest BCUT2D eigenvalue weighted by molar-refractivity contribution is 0.304. The number of unbranched alkanes of at least 4 members (excludes halogenated alkanes) is 3. The number of benzene rings is 1. The van der Waals surface area contributed by atoms with Gasteiger partial charge in [0.15, 0.2) is 0 Å². The molecular weight excluding hydrogens is 229 g/mol. The SMILES string of the molecule is NCCCCCCOc1ccc(F)cc1Cl. The molecule has 1 aromatic rings. The molecule has 2 N–H and O–H groups in total. The Bertz CT molecular complexity index is 320. The van der Waals surface area contributed by atoms with Crippen molar-refractivity contribution < 1.29 is 9.13 Å². The van der Waals surface area contributed by atoms with E-state index in [1.54, 1.807) is 6.07 Å². The predicted octanol–water partition coefficient (Wildman–Crippen LogP) is 3.38. The van der Waals surface area contributed by atoms with Crippen molar-refractivity contribution in [3.63, 3.8) is 0 Å². The Morgan fingerprint density at radius 1 is 1.19 bits per heavy atom. The average molecular weight is 246 g/mol. The van der Waals surface area contributed by atoms with Crippen LogP contribution in [0, 0.1) is 5.82 Å². The van der Waals surface area contributed by atoms with E-state index < -0.39 is 0 Å². The second-order valence-corrected chi connectivity index (χ2v) is 4.03.